The van der Waals surface area contributed by atoms with Gasteiger partial charge in [0.2, 0.25) is 17.5 Å². The van der Waals surface area contributed by atoms with Gasteiger partial charge in [-0.1, -0.05) is 5.16 Å². The van der Waals surface area contributed by atoms with Crippen molar-refractivity contribution in [3.8, 4) is 40.1 Å². The molecule has 170 valence electrons. The van der Waals surface area contributed by atoms with Crippen molar-refractivity contribution in [2.45, 2.75) is 6.54 Å². The molecule has 32 heavy (non-hydrogen) atoms. The van der Waals surface area contributed by atoms with Crippen LogP contribution in [0.1, 0.15) is 16.2 Å². The summed E-state index contributed by atoms with van der Waals surface area (Å²) < 4.78 is 31.9. The highest BCUT2D eigenvalue weighted by Crippen LogP contribution is 2.38. The van der Waals surface area contributed by atoms with E-state index in [0.717, 1.165) is 0 Å². The highest BCUT2D eigenvalue weighted by atomic mass is 16.5. The molecule has 0 saturated heterocycles. The van der Waals surface area contributed by atoms with Crippen LogP contribution >= 0.6 is 0 Å². The number of carbonyl (C=O) groups is 1. The molecule has 0 aliphatic heterocycles. The Morgan fingerprint density at radius 2 is 1.56 bits per heavy atom. The Kier molecular flexibility index (Phi) is 7.04. The number of hydrogen-bond acceptors (Lipinski definition) is 9. The van der Waals surface area contributed by atoms with Crippen LogP contribution in [0.25, 0.3) is 11.4 Å². The Balaban J connectivity index is 1.81. The van der Waals surface area contributed by atoms with E-state index < -0.39 is 0 Å². The molecule has 0 unspecified atom stereocenters. The van der Waals surface area contributed by atoms with Crippen LogP contribution < -0.4 is 23.7 Å². The summed E-state index contributed by atoms with van der Waals surface area (Å²) in [5.74, 6) is 2.68. The minimum atomic E-state index is -0.286. The smallest absolute Gasteiger partial charge is 0.254 e. The zero-order valence-electron chi connectivity index (χ0n) is 18.8. The number of aromatic nitrogens is 2. The van der Waals surface area contributed by atoms with Crippen LogP contribution in [0.5, 0.6) is 28.7 Å². The quantitative estimate of drug-likeness (QED) is 0.493. The van der Waals surface area contributed by atoms with Gasteiger partial charge < -0.3 is 33.1 Å². The predicted octanol–water partition coefficient (Wildman–Crippen LogP) is 3.05. The zero-order chi connectivity index (χ0) is 23.3. The van der Waals surface area contributed by atoms with E-state index in [1.165, 1.54) is 26.2 Å². The first kappa shape index (κ1) is 22.7. The van der Waals surface area contributed by atoms with Crippen molar-refractivity contribution in [3.05, 3.63) is 41.8 Å². The standard InChI is InChI=1S/C22H25N3O7/c1-25(22(26)13-9-17(29-4)20(31-6)18(10-13)30-5)12-19-23-21(24-32-19)15-8-7-14(27-2)11-16(15)28-3/h7-11H,12H2,1-6H3. The lowest BCUT2D eigenvalue weighted by Gasteiger charge is -2.18. The second-order valence-electron chi connectivity index (χ2n) is 6.65. The third kappa shape index (κ3) is 4.53. The molecule has 0 N–H and O–H groups in total. The number of methoxy groups -OCH3 is 5. The van der Waals surface area contributed by atoms with Gasteiger partial charge in [0.1, 0.15) is 11.5 Å². The molecule has 0 radical (unpaired) electrons. The first-order chi connectivity index (χ1) is 15.4. The van der Waals surface area contributed by atoms with Gasteiger partial charge in [-0.05, 0) is 24.3 Å². The maximum Gasteiger partial charge on any atom is 0.254 e. The van der Waals surface area contributed by atoms with Crippen LogP contribution in [-0.4, -0.2) is 63.5 Å². The Hall–Kier alpha value is -3.95. The Morgan fingerprint density at radius 3 is 2.12 bits per heavy atom. The molecule has 1 amide bonds. The molecule has 0 fully saturated rings. The monoisotopic (exact) mass is 443 g/mol. The molecule has 2 aromatic carbocycles. The topological polar surface area (TPSA) is 105 Å². The molecule has 0 bridgehead atoms. The lowest BCUT2D eigenvalue weighted by Crippen LogP contribution is -2.26. The molecular weight excluding hydrogens is 418 g/mol. The average molecular weight is 443 g/mol. The summed E-state index contributed by atoms with van der Waals surface area (Å²) in [6.07, 6.45) is 0. The molecule has 0 atom stereocenters. The lowest BCUT2D eigenvalue weighted by atomic mass is 10.1. The number of carbonyl (C=O) groups excluding carboxylic acids is 1. The van der Waals surface area contributed by atoms with Gasteiger partial charge in [-0.2, -0.15) is 4.98 Å². The molecule has 0 aliphatic rings. The molecule has 10 heteroatoms. The van der Waals surface area contributed by atoms with Crippen LogP contribution in [0.2, 0.25) is 0 Å². The minimum absolute atomic E-state index is 0.0982. The molecule has 3 rings (SSSR count). The number of nitrogens with zero attached hydrogens (tertiary/aromatic N) is 3. The number of hydrogen-bond donors (Lipinski definition) is 0. The summed E-state index contributed by atoms with van der Waals surface area (Å²) >= 11 is 0. The molecule has 3 aromatic rings. The lowest BCUT2D eigenvalue weighted by molar-refractivity contribution is 0.0768. The highest BCUT2D eigenvalue weighted by molar-refractivity contribution is 5.95. The van der Waals surface area contributed by atoms with Crippen molar-refractivity contribution < 1.29 is 33.0 Å². The van der Waals surface area contributed by atoms with E-state index in [9.17, 15) is 4.79 Å². The molecule has 0 spiro atoms. The highest BCUT2D eigenvalue weighted by Gasteiger charge is 2.21. The van der Waals surface area contributed by atoms with E-state index in [1.54, 1.807) is 51.6 Å². The van der Waals surface area contributed by atoms with Crippen LogP contribution in [0.15, 0.2) is 34.9 Å². The third-order valence-electron chi connectivity index (χ3n) is 4.75. The van der Waals surface area contributed by atoms with Gasteiger partial charge in [0.25, 0.3) is 5.91 Å². The molecular formula is C22H25N3O7. The first-order valence-electron chi connectivity index (χ1n) is 9.56. The molecule has 0 aliphatic carbocycles. The Morgan fingerprint density at radius 1 is 0.906 bits per heavy atom. The number of benzene rings is 2. The fourth-order valence-electron chi connectivity index (χ4n) is 3.11. The summed E-state index contributed by atoms with van der Waals surface area (Å²) in [7, 11) is 9.22. The Bertz CT molecular complexity index is 1070. The van der Waals surface area contributed by atoms with Gasteiger partial charge >= 0.3 is 0 Å². The first-order valence-corrected chi connectivity index (χ1v) is 9.56. The van der Waals surface area contributed by atoms with Gasteiger partial charge in [-0.25, -0.2) is 0 Å². The maximum atomic E-state index is 13.0. The van der Waals surface area contributed by atoms with Crippen molar-refractivity contribution in [1.29, 1.82) is 0 Å². The van der Waals surface area contributed by atoms with E-state index >= 15 is 0 Å². The van der Waals surface area contributed by atoms with Crippen LogP contribution in [0.4, 0.5) is 0 Å². The van der Waals surface area contributed by atoms with Crippen molar-refractivity contribution >= 4 is 5.91 Å². The van der Waals surface area contributed by atoms with Crippen molar-refractivity contribution in [2.24, 2.45) is 0 Å². The second kappa shape index (κ2) is 9.90. The molecule has 1 aromatic heterocycles. The molecule has 1 heterocycles. The summed E-state index contributed by atoms with van der Waals surface area (Å²) in [6.45, 7) is 0.0982. The van der Waals surface area contributed by atoms with Gasteiger partial charge in [0.05, 0.1) is 47.7 Å². The van der Waals surface area contributed by atoms with Crippen LogP contribution in [0, 0.1) is 0 Å². The summed E-state index contributed by atoms with van der Waals surface area (Å²) in [5, 5.41) is 4.01. The molecule has 10 nitrogen and oxygen atoms in total. The van der Waals surface area contributed by atoms with E-state index in [2.05, 4.69) is 10.1 Å². The summed E-state index contributed by atoms with van der Waals surface area (Å²) in [4.78, 5) is 18.8. The van der Waals surface area contributed by atoms with Crippen molar-refractivity contribution in [1.82, 2.24) is 15.0 Å². The predicted molar refractivity (Wildman–Crippen MR) is 115 cm³/mol. The van der Waals surface area contributed by atoms with E-state index in [1.807, 2.05) is 0 Å². The van der Waals surface area contributed by atoms with Gasteiger partial charge in [0, 0.05) is 18.7 Å². The summed E-state index contributed by atoms with van der Waals surface area (Å²) in [5.41, 5.74) is 1.00. The maximum absolute atomic E-state index is 13.0. The minimum Gasteiger partial charge on any atom is -0.497 e. The van der Waals surface area contributed by atoms with Crippen molar-refractivity contribution in [2.75, 3.05) is 42.6 Å². The summed E-state index contributed by atoms with van der Waals surface area (Å²) in [6, 6.07) is 8.44. The number of ether oxygens (including phenoxy) is 5. The normalized spacial score (nSPS) is 10.4. The fourth-order valence-corrected chi connectivity index (χ4v) is 3.11. The number of rotatable bonds is 9. The molecule has 0 saturated carbocycles. The van der Waals surface area contributed by atoms with Gasteiger partial charge in [-0.3, -0.25) is 4.79 Å². The van der Waals surface area contributed by atoms with Gasteiger partial charge in [0.15, 0.2) is 11.5 Å². The second-order valence-corrected chi connectivity index (χ2v) is 6.65. The number of amides is 1. The van der Waals surface area contributed by atoms with Crippen LogP contribution in [0.3, 0.4) is 0 Å². The van der Waals surface area contributed by atoms with E-state index in [-0.39, 0.29) is 18.3 Å². The van der Waals surface area contributed by atoms with Crippen LogP contribution in [-0.2, 0) is 6.54 Å². The third-order valence-corrected chi connectivity index (χ3v) is 4.75. The SMILES string of the molecule is COc1ccc(-c2noc(CN(C)C(=O)c3cc(OC)c(OC)c(OC)c3)n2)c(OC)c1. The van der Waals surface area contributed by atoms with E-state index in [4.69, 9.17) is 28.2 Å². The fraction of sp³-hybridized carbons (Fsp3) is 0.318. The largest absolute Gasteiger partial charge is 0.497 e. The zero-order valence-corrected chi connectivity index (χ0v) is 18.8. The van der Waals surface area contributed by atoms with Gasteiger partial charge in [-0.15, -0.1) is 0 Å². The van der Waals surface area contributed by atoms with Crippen molar-refractivity contribution in [3.63, 3.8) is 0 Å². The Labute approximate surface area is 185 Å². The van der Waals surface area contributed by atoms with E-state index in [0.29, 0.717) is 45.7 Å². The average Bonchev–Trinajstić information content (AvgIpc) is 3.29.